The lowest BCUT2D eigenvalue weighted by Crippen LogP contribution is -2.25. The molecular weight excluding hydrogens is 457 g/mol. The molecule has 7 nitrogen and oxygen atoms in total. The first-order valence-corrected chi connectivity index (χ1v) is 12.0. The number of aryl methyl sites for hydroxylation is 1. The van der Waals surface area contributed by atoms with E-state index < -0.39 is 27.8 Å². The van der Waals surface area contributed by atoms with E-state index in [4.69, 9.17) is 0 Å². The van der Waals surface area contributed by atoms with E-state index in [1.165, 1.54) is 6.07 Å². The maximum Gasteiger partial charge on any atom is 0.433 e. The molecule has 2 aromatic rings. The highest BCUT2D eigenvalue weighted by atomic mass is 32.2. The third-order valence-electron chi connectivity index (χ3n) is 4.82. The zero-order valence-electron chi connectivity index (χ0n) is 18.8. The van der Waals surface area contributed by atoms with Gasteiger partial charge in [-0.1, -0.05) is 25.6 Å². The summed E-state index contributed by atoms with van der Waals surface area (Å²) >= 11 is 0. The van der Waals surface area contributed by atoms with Crippen LogP contribution in [-0.4, -0.2) is 31.6 Å². The fourth-order valence-corrected chi connectivity index (χ4v) is 3.50. The number of nitrogens with zero attached hydrogens (tertiary/aromatic N) is 1. The molecule has 2 rings (SSSR count). The number of alkyl halides is 3. The minimum Gasteiger partial charge on any atom is -0.367 e. The predicted octanol–water partition coefficient (Wildman–Crippen LogP) is 4.32. The second kappa shape index (κ2) is 10.2. The Balaban J connectivity index is 2.19. The van der Waals surface area contributed by atoms with Crippen LogP contribution in [0.1, 0.15) is 42.7 Å². The first kappa shape index (κ1) is 26.2. The summed E-state index contributed by atoms with van der Waals surface area (Å²) in [7, 11) is -3.42. The van der Waals surface area contributed by atoms with E-state index in [2.05, 4.69) is 26.9 Å². The summed E-state index contributed by atoms with van der Waals surface area (Å²) in [5, 5.41) is 5.58. The molecule has 0 aliphatic carbocycles. The fraction of sp³-hybridized carbons (Fsp3) is 0.364. The normalized spacial score (nSPS) is 12.7. The summed E-state index contributed by atoms with van der Waals surface area (Å²) in [5.74, 6) is -0.633. The van der Waals surface area contributed by atoms with Crippen molar-refractivity contribution in [1.29, 1.82) is 0 Å². The van der Waals surface area contributed by atoms with Crippen LogP contribution in [-0.2, 0) is 27.5 Å². The topological polar surface area (TPSA) is 100 Å². The molecule has 3 N–H and O–H groups in total. The van der Waals surface area contributed by atoms with E-state index in [1.807, 2.05) is 6.92 Å². The van der Waals surface area contributed by atoms with E-state index in [-0.39, 0.29) is 29.5 Å². The Morgan fingerprint density at radius 3 is 2.42 bits per heavy atom. The Hall–Kier alpha value is -3.08. The molecule has 1 unspecified atom stereocenters. The Morgan fingerprint density at radius 2 is 1.88 bits per heavy atom. The van der Waals surface area contributed by atoms with Crippen molar-refractivity contribution < 1.29 is 26.4 Å². The Morgan fingerprint density at radius 1 is 1.21 bits per heavy atom. The molecule has 0 bridgehead atoms. The second-order valence-corrected chi connectivity index (χ2v) is 9.48. The van der Waals surface area contributed by atoms with E-state index in [9.17, 15) is 26.4 Å². The summed E-state index contributed by atoms with van der Waals surface area (Å²) in [5.41, 5.74) is 0.866. The van der Waals surface area contributed by atoms with Gasteiger partial charge in [0.15, 0.2) is 0 Å². The lowest BCUT2D eigenvalue weighted by molar-refractivity contribution is -0.141. The third-order valence-corrected chi connectivity index (χ3v) is 5.41. The summed E-state index contributed by atoms with van der Waals surface area (Å²) in [6.45, 7) is 9.23. The highest BCUT2D eigenvalue weighted by Crippen LogP contribution is 2.31. The maximum absolute atomic E-state index is 13.1. The van der Waals surface area contributed by atoms with Crippen LogP contribution < -0.4 is 15.4 Å². The molecule has 33 heavy (non-hydrogen) atoms. The zero-order valence-corrected chi connectivity index (χ0v) is 19.6. The standard InChI is InChI=1S/C22H27F3N4O3S/c1-6-14(3)27-20-17(8-10-19(28-20)22(23,24)25)15(4)21(30)26-12-16-7-9-18(13(2)11-16)29-33(5,31)32/h7-11,14,29H,4,6,12H2,1-3,5H3,(H,26,30)(H,27,28). The number of aromatic nitrogens is 1. The zero-order chi connectivity index (χ0) is 25.0. The quantitative estimate of drug-likeness (QED) is 0.461. The number of hydrogen-bond donors (Lipinski definition) is 3. The van der Waals surface area contributed by atoms with E-state index in [0.717, 1.165) is 12.3 Å². The van der Waals surface area contributed by atoms with Gasteiger partial charge >= 0.3 is 6.18 Å². The number of rotatable bonds is 9. The van der Waals surface area contributed by atoms with Gasteiger partial charge in [0.25, 0.3) is 5.91 Å². The highest BCUT2D eigenvalue weighted by molar-refractivity contribution is 7.92. The Labute approximate surface area is 191 Å². The molecule has 1 aromatic carbocycles. The SMILES string of the molecule is C=C(C(=O)NCc1ccc(NS(C)(=O)=O)c(C)c1)c1ccc(C(F)(F)F)nc1NC(C)CC. The van der Waals surface area contributed by atoms with E-state index in [1.54, 1.807) is 32.0 Å². The van der Waals surface area contributed by atoms with Crippen molar-refractivity contribution in [3.8, 4) is 0 Å². The van der Waals surface area contributed by atoms with Crippen LogP contribution in [0.15, 0.2) is 36.9 Å². The lowest BCUT2D eigenvalue weighted by atomic mass is 10.1. The van der Waals surface area contributed by atoms with Crippen molar-refractivity contribution in [3.63, 3.8) is 0 Å². The number of hydrogen-bond acceptors (Lipinski definition) is 5. The maximum atomic E-state index is 13.1. The van der Waals surface area contributed by atoms with Crippen molar-refractivity contribution in [1.82, 2.24) is 10.3 Å². The molecule has 1 heterocycles. The van der Waals surface area contributed by atoms with Crippen LogP contribution in [0, 0.1) is 6.92 Å². The van der Waals surface area contributed by atoms with Crippen LogP contribution in [0.4, 0.5) is 24.7 Å². The van der Waals surface area contributed by atoms with Gasteiger partial charge in [-0.05, 0) is 49.6 Å². The predicted molar refractivity (Wildman–Crippen MR) is 123 cm³/mol. The van der Waals surface area contributed by atoms with Gasteiger partial charge in [0.05, 0.1) is 11.9 Å². The van der Waals surface area contributed by atoms with Gasteiger partial charge in [0.2, 0.25) is 10.0 Å². The van der Waals surface area contributed by atoms with Crippen molar-refractivity contribution in [2.75, 3.05) is 16.3 Å². The minimum atomic E-state index is -4.62. The minimum absolute atomic E-state index is 0.0332. The highest BCUT2D eigenvalue weighted by Gasteiger charge is 2.33. The van der Waals surface area contributed by atoms with E-state index >= 15 is 0 Å². The Bertz CT molecular complexity index is 1150. The number of halogens is 3. The summed E-state index contributed by atoms with van der Waals surface area (Å²) in [4.78, 5) is 16.3. The molecule has 0 spiro atoms. The molecule has 0 saturated carbocycles. The van der Waals surface area contributed by atoms with Gasteiger partial charge in [-0.25, -0.2) is 13.4 Å². The van der Waals surface area contributed by atoms with E-state index in [0.29, 0.717) is 23.2 Å². The molecular formula is C22H27F3N4O3S. The number of sulfonamides is 1. The first-order valence-electron chi connectivity index (χ1n) is 10.1. The fourth-order valence-electron chi connectivity index (χ4n) is 2.87. The van der Waals surface area contributed by atoms with Crippen molar-refractivity contribution >= 4 is 33.0 Å². The molecule has 0 radical (unpaired) electrons. The largest absolute Gasteiger partial charge is 0.433 e. The number of carbonyl (C=O) groups is 1. The van der Waals surface area contributed by atoms with Gasteiger partial charge in [0.1, 0.15) is 11.5 Å². The van der Waals surface area contributed by atoms with Gasteiger partial charge in [-0.3, -0.25) is 9.52 Å². The summed E-state index contributed by atoms with van der Waals surface area (Å²) in [6.07, 6.45) is -2.93. The van der Waals surface area contributed by atoms with Crippen LogP contribution in [0.3, 0.4) is 0 Å². The number of carbonyl (C=O) groups excluding carboxylic acids is 1. The number of benzene rings is 1. The average Bonchev–Trinajstić information content (AvgIpc) is 2.71. The first-order chi connectivity index (χ1) is 15.2. The summed E-state index contributed by atoms with van der Waals surface area (Å²) < 4.78 is 64.5. The molecule has 11 heteroatoms. The van der Waals surface area contributed by atoms with Crippen LogP contribution in [0.5, 0.6) is 0 Å². The third kappa shape index (κ3) is 7.48. The van der Waals surface area contributed by atoms with Gasteiger partial charge in [-0.15, -0.1) is 0 Å². The monoisotopic (exact) mass is 484 g/mol. The molecule has 0 aliphatic heterocycles. The molecule has 1 atom stereocenters. The number of pyridine rings is 1. The van der Waals surface area contributed by atoms with Crippen molar-refractivity contribution in [2.45, 2.75) is 46.0 Å². The smallest absolute Gasteiger partial charge is 0.367 e. The van der Waals surface area contributed by atoms with Gasteiger partial charge in [0, 0.05) is 23.7 Å². The second-order valence-electron chi connectivity index (χ2n) is 7.73. The molecule has 1 aromatic heterocycles. The molecule has 0 aliphatic rings. The number of anilines is 2. The number of amides is 1. The number of nitrogens with one attached hydrogen (secondary N) is 3. The lowest BCUT2D eigenvalue weighted by Gasteiger charge is -2.18. The van der Waals surface area contributed by atoms with Gasteiger partial charge in [-0.2, -0.15) is 13.2 Å². The molecule has 0 saturated heterocycles. The molecule has 0 fully saturated rings. The van der Waals surface area contributed by atoms with Crippen LogP contribution in [0.25, 0.3) is 5.57 Å². The van der Waals surface area contributed by atoms with Gasteiger partial charge < -0.3 is 10.6 Å². The van der Waals surface area contributed by atoms with Crippen LogP contribution >= 0.6 is 0 Å². The van der Waals surface area contributed by atoms with Crippen molar-refractivity contribution in [2.24, 2.45) is 0 Å². The summed E-state index contributed by atoms with van der Waals surface area (Å²) in [6, 6.07) is 6.77. The van der Waals surface area contributed by atoms with Crippen LogP contribution in [0.2, 0.25) is 0 Å². The molecule has 180 valence electrons. The Kier molecular flexibility index (Phi) is 8.12. The molecule has 1 amide bonds. The average molecular weight is 485 g/mol. The van der Waals surface area contributed by atoms with Crippen molar-refractivity contribution in [3.05, 3.63) is 59.3 Å².